The molecule has 0 aromatic heterocycles. The predicted molar refractivity (Wildman–Crippen MR) is 78.3 cm³/mol. The number of benzene rings is 1. The Balaban J connectivity index is 1.86. The third-order valence-corrected chi connectivity index (χ3v) is 5.69. The zero-order valence-corrected chi connectivity index (χ0v) is 12.7. The van der Waals surface area contributed by atoms with Crippen LogP contribution in [0.1, 0.15) is 46.2 Å². The van der Waals surface area contributed by atoms with Crippen molar-refractivity contribution in [1.29, 1.82) is 0 Å². The van der Waals surface area contributed by atoms with Crippen molar-refractivity contribution in [3.8, 4) is 5.75 Å². The molecular formula is C17H25NO. The fourth-order valence-corrected chi connectivity index (χ4v) is 3.54. The van der Waals surface area contributed by atoms with Gasteiger partial charge in [0.05, 0.1) is 6.61 Å². The van der Waals surface area contributed by atoms with Gasteiger partial charge in [-0.25, -0.2) is 0 Å². The highest BCUT2D eigenvalue weighted by Crippen LogP contribution is 2.63. The van der Waals surface area contributed by atoms with E-state index < -0.39 is 0 Å². The molecule has 1 aromatic rings. The van der Waals surface area contributed by atoms with E-state index in [1.54, 1.807) is 0 Å². The smallest absolute Gasteiger partial charge is 0.124 e. The van der Waals surface area contributed by atoms with Crippen LogP contribution in [0.3, 0.4) is 0 Å². The van der Waals surface area contributed by atoms with Gasteiger partial charge in [0.2, 0.25) is 0 Å². The van der Waals surface area contributed by atoms with Crippen molar-refractivity contribution in [3.63, 3.8) is 0 Å². The van der Waals surface area contributed by atoms with E-state index in [1.165, 1.54) is 5.56 Å². The molecule has 104 valence electrons. The molecule has 2 aliphatic rings. The summed E-state index contributed by atoms with van der Waals surface area (Å²) in [6.07, 6.45) is 0. The van der Waals surface area contributed by atoms with Crippen molar-refractivity contribution in [1.82, 2.24) is 5.32 Å². The molecule has 0 radical (unpaired) electrons. The SMILES string of the molecule is CC1COc2ccccc2C1NC1C(C)(C)C1(C)C. The number of fused-ring (bicyclic) bond motifs is 1. The molecule has 0 bridgehead atoms. The van der Waals surface area contributed by atoms with Crippen LogP contribution < -0.4 is 10.1 Å². The minimum atomic E-state index is 0.375. The number of rotatable bonds is 2. The summed E-state index contributed by atoms with van der Waals surface area (Å²) in [6.45, 7) is 12.5. The predicted octanol–water partition coefficient (Wildman–Crippen LogP) is 3.78. The van der Waals surface area contributed by atoms with Crippen molar-refractivity contribution >= 4 is 0 Å². The molecule has 2 atom stereocenters. The summed E-state index contributed by atoms with van der Waals surface area (Å²) in [5, 5.41) is 3.90. The first-order valence-corrected chi connectivity index (χ1v) is 7.33. The van der Waals surface area contributed by atoms with Crippen LogP contribution >= 0.6 is 0 Å². The van der Waals surface area contributed by atoms with Gasteiger partial charge < -0.3 is 10.1 Å². The number of nitrogens with one attached hydrogen (secondary N) is 1. The zero-order valence-electron chi connectivity index (χ0n) is 12.7. The maximum atomic E-state index is 5.83. The molecule has 1 fully saturated rings. The third-order valence-electron chi connectivity index (χ3n) is 5.69. The molecule has 0 amide bonds. The van der Waals surface area contributed by atoms with Crippen molar-refractivity contribution in [2.45, 2.75) is 46.7 Å². The van der Waals surface area contributed by atoms with Gasteiger partial charge in [-0.05, 0) is 16.9 Å². The molecule has 2 unspecified atom stereocenters. The lowest BCUT2D eigenvalue weighted by Crippen LogP contribution is -2.37. The van der Waals surface area contributed by atoms with Gasteiger partial charge in [-0.15, -0.1) is 0 Å². The van der Waals surface area contributed by atoms with Crippen LogP contribution in [-0.2, 0) is 0 Å². The van der Waals surface area contributed by atoms with E-state index in [1.807, 2.05) is 0 Å². The average molecular weight is 259 g/mol. The van der Waals surface area contributed by atoms with E-state index in [0.717, 1.165) is 12.4 Å². The lowest BCUT2D eigenvalue weighted by molar-refractivity contribution is 0.184. The molecule has 1 heterocycles. The number of ether oxygens (including phenoxy) is 1. The monoisotopic (exact) mass is 259 g/mol. The molecule has 2 nitrogen and oxygen atoms in total. The minimum absolute atomic E-state index is 0.375. The summed E-state index contributed by atoms with van der Waals surface area (Å²) in [6, 6.07) is 9.44. The molecule has 3 rings (SSSR count). The second kappa shape index (κ2) is 3.99. The Labute approximate surface area is 116 Å². The molecule has 0 saturated heterocycles. The van der Waals surface area contributed by atoms with E-state index >= 15 is 0 Å². The second-order valence-electron chi connectivity index (χ2n) is 7.35. The molecule has 2 heteroatoms. The Morgan fingerprint density at radius 2 is 1.74 bits per heavy atom. The first-order chi connectivity index (χ1) is 8.85. The highest BCUT2D eigenvalue weighted by atomic mass is 16.5. The molecule has 1 aromatic carbocycles. The fraction of sp³-hybridized carbons (Fsp3) is 0.647. The minimum Gasteiger partial charge on any atom is -0.493 e. The summed E-state index contributed by atoms with van der Waals surface area (Å²) in [5.41, 5.74) is 2.07. The van der Waals surface area contributed by atoms with Crippen LogP contribution in [0.2, 0.25) is 0 Å². The van der Waals surface area contributed by atoms with Gasteiger partial charge in [-0.3, -0.25) is 0 Å². The molecule has 0 spiro atoms. The Kier molecular flexibility index (Phi) is 2.72. The van der Waals surface area contributed by atoms with E-state index in [-0.39, 0.29) is 0 Å². The highest BCUT2D eigenvalue weighted by Gasteiger charge is 2.65. The Morgan fingerprint density at radius 1 is 1.11 bits per heavy atom. The van der Waals surface area contributed by atoms with E-state index in [9.17, 15) is 0 Å². The van der Waals surface area contributed by atoms with Gasteiger partial charge in [-0.2, -0.15) is 0 Å². The molecule has 1 aliphatic heterocycles. The fourth-order valence-electron chi connectivity index (χ4n) is 3.54. The summed E-state index contributed by atoms with van der Waals surface area (Å²) in [4.78, 5) is 0. The number of para-hydroxylation sites is 1. The van der Waals surface area contributed by atoms with Gasteiger partial charge in [0.15, 0.2) is 0 Å². The molecule has 1 N–H and O–H groups in total. The topological polar surface area (TPSA) is 21.3 Å². The van der Waals surface area contributed by atoms with Crippen LogP contribution in [0, 0.1) is 16.7 Å². The number of hydrogen-bond donors (Lipinski definition) is 1. The van der Waals surface area contributed by atoms with E-state index in [2.05, 4.69) is 64.2 Å². The van der Waals surface area contributed by atoms with E-state index in [4.69, 9.17) is 4.74 Å². The Bertz CT molecular complexity index is 478. The normalized spacial score (nSPS) is 31.4. The standard InChI is InChI=1S/C17H25NO/c1-11-10-19-13-9-7-6-8-12(13)14(11)18-15-16(2,3)17(15,4)5/h6-9,11,14-15,18H,10H2,1-5H3. The van der Waals surface area contributed by atoms with Gasteiger partial charge in [-0.1, -0.05) is 52.8 Å². The lowest BCUT2D eigenvalue weighted by atomic mass is 9.91. The van der Waals surface area contributed by atoms with Crippen LogP contribution in [0.15, 0.2) is 24.3 Å². The van der Waals surface area contributed by atoms with Crippen molar-refractivity contribution < 1.29 is 4.74 Å². The third kappa shape index (κ3) is 1.80. The van der Waals surface area contributed by atoms with Crippen molar-refractivity contribution in [2.24, 2.45) is 16.7 Å². The highest BCUT2D eigenvalue weighted by molar-refractivity contribution is 5.38. The summed E-state index contributed by atoms with van der Waals surface area (Å²) < 4.78 is 5.83. The van der Waals surface area contributed by atoms with Crippen LogP contribution in [0.4, 0.5) is 0 Å². The van der Waals surface area contributed by atoms with Crippen LogP contribution in [0.5, 0.6) is 5.75 Å². The van der Waals surface area contributed by atoms with Crippen molar-refractivity contribution in [2.75, 3.05) is 6.61 Å². The summed E-state index contributed by atoms with van der Waals surface area (Å²) in [5.74, 6) is 1.57. The Hall–Kier alpha value is -1.02. The first kappa shape index (κ1) is 13.0. The van der Waals surface area contributed by atoms with Crippen LogP contribution in [-0.4, -0.2) is 12.6 Å². The zero-order chi connectivity index (χ0) is 13.8. The van der Waals surface area contributed by atoms with Crippen molar-refractivity contribution in [3.05, 3.63) is 29.8 Å². The maximum absolute atomic E-state index is 5.83. The molecular weight excluding hydrogens is 234 g/mol. The number of hydrogen-bond acceptors (Lipinski definition) is 2. The van der Waals surface area contributed by atoms with Gasteiger partial charge >= 0.3 is 0 Å². The molecule has 1 saturated carbocycles. The molecule has 1 aliphatic carbocycles. The summed E-state index contributed by atoms with van der Waals surface area (Å²) >= 11 is 0. The largest absolute Gasteiger partial charge is 0.493 e. The van der Waals surface area contributed by atoms with Gasteiger partial charge in [0, 0.05) is 23.6 Å². The first-order valence-electron chi connectivity index (χ1n) is 7.33. The van der Waals surface area contributed by atoms with Crippen LogP contribution in [0.25, 0.3) is 0 Å². The quantitative estimate of drug-likeness (QED) is 0.872. The Morgan fingerprint density at radius 3 is 2.37 bits per heavy atom. The average Bonchev–Trinajstić information content (AvgIpc) is 2.74. The summed E-state index contributed by atoms with van der Waals surface area (Å²) in [7, 11) is 0. The maximum Gasteiger partial charge on any atom is 0.124 e. The lowest BCUT2D eigenvalue weighted by Gasteiger charge is -2.33. The van der Waals surface area contributed by atoms with Gasteiger partial charge in [0.1, 0.15) is 5.75 Å². The second-order valence-corrected chi connectivity index (χ2v) is 7.35. The molecule has 19 heavy (non-hydrogen) atoms. The van der Waals surface area contributed by atoms with Gasteiger partial charge in [0.25, 0.3) is 0 Å². The van der Waals surface area contributed by atoms with E-state index in [0.29, 0.717) is 28.8 Å².